The van der Waals surface area contributed by atoms with Crippen LogP contribution >= 0.6 is 0 Å². The first-order valence-electron chi connectivity index (χ1n) is 4.97. The topological polar surface area (TPSA) is 51.5 Å². The minimum Gasteiger partial charge on any atom is -0.472 e. The third kappa shape index (κ3) is 3.40. The van der Waals surface area contributed by atoms with Gasteiger partial charge in [-0.05, 0) is 12.0 Å². The fourth-order valence-electron chi connectivity index (χ4n) is 1.34. The summed E-state index contributed by atoms with van der Waals surface area (Å²) in [5, 5.41) is 3.14. The molecule has 0 aliphatic carbocycles. The molecule has 1 aromatic heterocycles. The average Bonchev–Trinajstić information content (AvgIpc) is 2.70. The van der Waals surface area contributed by atoms with Crippen LogP contribution in [0.1, 0.15) is 19.4 Å². The summed E-state index contributed by atoms with van der Waals surface area (Å²) in [7, 11) is 1.40. The second kappa shape index (κ2) is 5.56. The van der Waals surface area contributed by atoms with Crippen LogP contribution in [0.5, 0.6) is 0 Å². The molecule has 1 rings (SSSR count). The van der Waals surface area contributed by atoms with E-state index in [9.17, 15) is 4.79 Å². The van der Waals surface area contributed by atoms with Gasteiger partial charge in [-0.2, -0.15) is 0 Å². The van der Waals surface area contributed by atoms with Crippen LogP contribution in [0.2, 0.25) is 0 Å². The molecule has 0 spiro atoms. The van der Waals surface area contributed by atoms with E-state index in [4.69, 9.17) is 9.15 Å². The van der Waals surface area contributed by atoms with Crippen molar-refractivity contribution in [3.8, 4) is 0 Å². The Labute approximate surface area is 89.6 Å². The van der Waals surface area contributed by atoms with E-state index in [-0.39, 0.29) is 17.9 Å². The normalized spacial score (nSPS) is 12.8. The maximum atomic E-state index is 11.4. The predicted octanol–water partition coefficient (Wildman–Crippen LogP) is 1.57. The molecule has 0 aliphatic rings. The molecule has 1 N–H and O–H groups in total. The van der Waals surface area contributed by atoms with Crippen molar-refractivity contribution in [3.05, 3.63) is 24.2 Å². The molecule has 0 radical (unpaired) electrons. The summed E-state index contributed by atoms with van der Waals surface area (Å²) in [6.07, 6.45) is 3.27. The molecule has 0 unspecified atom stereocenters. The Kier molecular flexibility index (Phi) is 4.37. The minimum atomic E-state index is -0.273. The largest absolute Gasteiger partial charge is 0.472 e. The van der Waals surface area contributed by atoms with Crippen LogP contribution in [0.25, 0.3) is 0 Å². The molecule has 0 saturated carbocycles. The maximum Gasteiger partial charge on any atom is 0.323 e. The van der Waals surface area contributed by atoms with Crippen molar-refractivity contribution in [1.82, 2.24) is 5.32 Å². The Morgan fingerprint density at radius 3 is 2.80 bits per heavy atom. The molecule has 15 heavy (non-hydrogen) atoms. The van der Waals surface area contributed by atoms with Crippen LogP contribution in [-0.2, 0) is 16.1 Å². The summed E-state index contributed by atoms with van der Waals surface area (Å²) in [6, 6.07) is 1.59. The lowest BCUT2D eigenvalue weighted by Crippen LogP contribution is -2.41. The maximum absolute atomic E-state index is 11.4. The van der Waals surface area contributed by atoms with Gasteiger partial charge >= 0.3 is 5.97 Å². The molecule has 1 aromatic rings. The molecule has 84 valence electrons. The number of carbonyl (C=O) groups is 1. The summed E-state index contributed by atoms with van der Waals surface area (Å²) in [4.78, 5) is 11.4. The number of nitrogens with one attached hydrogen (secondary N) is 1. The van der Waals surface area contributed by atoms with Crippen molar-refractivity contribution in [3.63, 3.8) is 0 Å². The molecule has 0 saturated heterocycles. The lowest BCUT2D eigenvalue weighted by atomic mass is 10.0. The number of furan rings is 1. The van der Waals surface area contributed by atoms with Crippen molar-refractivity contribution in [2.45, 2.75) is 26.4 Å². The molecular weight excluding hydrogens is 194 g/mol. The molecule has 1 heterocycles. The quantitative estimate of drug-likeness (QED) is 0.751. The van der Waals surface area contributed by atoms with Gasteiger partial charge in [-0.3, -0.25) is 10.1 Å². The molecule has 0 aromatic carbocycles. The van der Waals surface area contributed by atoms with Gasteiger partial charge in [-0.25, -0.2) is 0 Å². The monoisotopic (exact) mass is 211 g/mol. The van der Waals surface area contributed by atoms with Crippen LogP contribution in [-0.4, -0.2) is 19.1 Å². The average molecular weight is 211 g/mol. The fourth-order valence-corrected chi connectivity index (χ4v) is 1.34. The minimum absolute atomic E-state index is 0.198. The lowest BCUT2D eigenvalue weighted by Gasteiger charge is -2.19. The first kappa shape index (κ1) is 11.8. The van der Waals surface area contributed by atoms with Crippen molar-refractivity contribution in [1.29, 1.82) is 0 Å². The molecule has 0 bridgehead atoms. The zero-order valence-electron chi connectivity index (χ0n) is 9.32. The molecule has 4 heteroatoms. The first-order valence-corrected chi connectivity index (χ1v) is 4.97. The zero-order valence-corrected chi connectivity index (χ0v) is 9.32. The van der Waals surface area contributed by atoms with Gasteiger partial charge in [0, 0.05) is 12.1 Å². The van der Waals surface area contributed by atoms with Crippen LogP contribution in [0.3, 0.4) is 0 Å². The van der Waals surface area contributed by atoms with Gasteiger partial charge in [-0.1, -0.05) is 13.8 Å². The van der Waals surface area contributed by atoms with Gasteiger partial charge in [0.25, 0.3) is 0 Å². The smallest absolute Gasteiger partial charge is 0.323 e. The summed E-state index contributed by atoms with van der Waals surface area (Å²) in [5.41, 5.74) is 1.02. The molecule has 0 fully saturated rings. The van der Waals surface area contributed by atoms with E-state index in [2.05, 4.69) is 5.32 Å². The van der Waals surface area contributed by atoms with Crippen LogP contribution < -0.4 is 5.32 Å². The van der Waals surface area contributed by atoms with Crippen molar-refractivity contribution in [2.75, 3.05) is 7.11 Å². The molecular formula is C11H17NO3. The van der Waals surface area contributed by atoms with Crippen LogP contribution in [0.4, 0.5) is 0 Å². The number of methoxy groups -OCH3 is 1. The fraction of sp³-hybridized carbons (Fsp3) is 0.545. The number of esters is 1. The third-order valence-corrected chi connectivity index (χ3v) is 2.23. The van der Waals surface area contributed by atoms with Crippen molar-refractivity contribution in [2.24, 2.45) is 5.92 Å². The second-order valence-electron chi connectivity index (χ2n) is 3.76. The summed E-state index contributed by atoms with van der Waals surface area (Å²) < 4.78 is 9.66. The number of hydrogen-bond acceptors (Lipinski definition) is 4. The lowest BCUT2D eigenvalue weighted by molar-refractivity contribution is -0.144. The van der Waals surface area contributed by atoms with Crippen LogP contribution in [0, 0.1) is 5.92 Å². The van der Waals surface area contributed by atoms with E-state index in [1.807, 2.05) is 19.9 Å². The Balaban J connectivity index is 2.49. The van der Waals surface area contributed by atoms with E-state index < -0.39 is 0 Å². The third-order valence-electron chi connectivity index (χ3n) is 2.23. The zero-order chi connectivity index (χ0) is 11.3. The van der Waals surface area contributed by atoms with Gasteiger partial charge in [0.2, 0.25) is 0 Å². The van der Waals surface area contributed by atoms with Crippen LogP contribution in [0.15, 0.2) is 23.0 Å². The summed E-state index contributed by atoms with van der Waals surface area (Å²) in [6.45, 7) is 4.56. The highest BCUT2D eigenvalue weighted by molar-refractivity contribution is 5.75. The summed E-state index contributed by atoms with van der Waals surface area (Å²) >= 11 is 0. The number of carbonyl (C=O) groups excluding carboxylic acids is 1. The van der Waals surface area contributed by atoms with Crippen molar-refractivity contribution < 1.29 is 13.9 Å². The van der Waals surface area contributed by atoms with Gasteiger partial charge in [0.1, 0.15) is 6.04 Å². The number of rotatable bonds is 5. The molecule has 0 amide bonds. The van der Waals surface area contributed by atoms with E-state index in [0.29, 0.717) is 6.54 Å². The highest BCUT2D eigenvalue weighted by Gasteiger charge is 2.21. The van der Waals surface area contributed by atoms with Gasteiger partial charge in [0.15, 0.2) is 0 Å². The first-order chi connectivity index (χ1) is 7.15. The standard InChI is InChI=1S/C11H17NO3/c1-8(2)10(11(13)14-3)12-6-9-4-5-15-7-9/h4-5,7-8,10,12H,6H2,1-3H3/t10-/m0/s1. The summed E-state index contributed by atoms with van der Waals surface area (Å²) in [5.74, 6) is -0.0298. The van der Waals surface area contributed by atoms with Crippen molar-refractivity contribution >= 4 is 5.97 Å². The Morgan fingerprint density at radius 1 is 1.60 bits per heavy atom. The SMILES string of the molecule is COC(=O)[C@@H](NCc1ccoc1)C(C)C. The highest BCUT2D eigenvalue weighted by Crippen LogP contribution is 2.06. The van der Waals surface area contributed by atoms with E-state index in [1.54, 1.807) is 12.5 Å². The Morgan fingerprint density at radius 2 is 2.33 bits per heavy atom. The van der Waals surface area contributed by atoms with Gasteiger partial charge in [0.05, 0.1) is 19.6 Å². The van der Waals surface area contributed by atoms with Gasteiger partial charge < -0.3 is 9.15 Å². The predicted molar refractivity (Wildman–Crippen MR) is 56.2 cm³/mol. The molecule has 0 aliphatic heterocycles. The number of ether oxygens (including phenoxy) is 1. The highest BCUT2D eigenvalue weighted by atomic mass is 16.5. The Bertz CT molecular complexity index is 293. The van der Waals surface area contributed by atoms with E-state index in [1.165, 1.54) is 7.11 Å². The molecule has 4 nitrogen and oxygen atoms in total. The number of hydrogen-bond donors (Lipinski definition) is 1. The molecule has 1 atom stereocenters. The van der Waals surface area contributed by atoms with E-state index in [0.717, 1.165) is 5.56 Å². The van der Waals surface area contributed by atoms with E-state index >= 15 is 0 Å². The second-order valence-corrected chi connectivity index (χ2v) is 3.76. The van der Waals surface area contributed by atoms with Gasteiger partial charge in [-0.15, -0.1) is 0 Å². The Hall–Kier alpha value is -1.29.